The summed E-state index contributed by atoms with van der Waals surface area (Å²) in [6.07, 6.45) is 4.25. The molecule has 0 saturated carbocycles. The summed E-state index contributed by atoms with van der Waals surface area (Å²) in [5.41, 5.74) is 1.48. The fraction of sp³-hybridized carbons (Fsp3) is 0.467. The summed E-state index contributed by atoms with van der Waals surface area (Å²) in [7, 11) is 0. The van der Waals surface area contributed by atoms with Crippen molar-refractivity contribution in [3.63, 3.8) is 0 Å². The molecule has 1 heterocycles. The quantitative estimate of drug-likeness (QED) is 0.805. The molecule has 1 atom stereocenters. The van der Waals surface area contributed by atoms with E-state index in [1.54, 1.807) is 6.07 Å². The van der Waals surface area contributed by atoms with E-state index in [2.05, 4.69) is 24.5 Å². The summed E-state index contributed by atoms with van der Waals surface area (Å²) in [6, 6.07) is 7.74. The number of nitrogens with zero attached hydrogens (tertiary/aromatic N) is 1. The van der Waals surface area contributed by atoms with Crippen LogP contribution in [0.15, 0.2) is 36.9 Å². The number of aromatic hydroxyl groups is 1. The first-order valence-electron chi connectivity index (χ1n) is 6.33. The maximum Gasteiger partial charge on any atom is 0.115 e. The fourth-order valence-corrected chi connectivity index (χ4v) is 2.86. The van der Waals surface area contributed by atoms with Gasteiger partial charge in [0.2, 0.25) is 0 Å². The second kappa shape index (κ2) is 4.92. The third kappa shape index (κ3) is 2.37. The first kappa shape index (κ1) is 12.2. The van der Waals surface area contributed by atoms with E-state index in [4.69, 9.17) is 0 Å². The molecule has 0 aromatic heterocycles. The molecular weight excluding hydrogens is 210 g/mol. The maximum absolute atomic E-state index is 9.62. The molecule has 2 nitrogen and oxygen atoms in total. The van der Waals surface area contributed by atoms with Gasteiger partial charge in [-0.05, 0) is 37.1 Å². The molecule has 0 amide bonds. The highest BCUT2D eigenvalue weighted by atomic mass is 16.3. The Morgan fingerprint density at radius 1 is 1.53 bits per heavy atom. The molecule has 1 N–H and O–H groups in total. The Kier molecular flexibility index (Phi) is 3.53. The van der Waals surface area contributed by atoms with Gasteiger partial charge in [0.25, 0.3) is 0 Å². The zero-order valence-corrected chi connectivity index (χ0v) is 10.5. The van der Waals surface area contributed by atoms with E-state index in [9.17, 15) is 5.11 Å². The normalized spacial score (nSPS) is 25.0. The number of phenols is 1. The van der Waals surface area contributed by atoms with Gasteiger partial charge < -0.3 is 5.11 Å². The molecule has 17 heavy (non-hydrogen) atoms. The molecule has 1 aliphatic rings. The number of hydrogen-bond acceptors (Lipinski definition) is 2. The molecule has 2 rings (SSSR count). The van der Waals surface area contributed by atoms with Gasteiger partial charge in [0.1, 0.15) is 5.75 Å². The molecule has 92 valence electrons. The van der Waals surface area contributed by atoms with Gasteiger partial charge in [-0.3, -0.25) is 4.90 Å². The van der Waals surface area contributed by atoms with E-state index >= 15 is 0 Å². The van der Waals surface area contributed by atoms with Gasteiger partial charge in [-0.1, -0.05) is 25.1 Å². The first-order valence-corrected chi connectivity index (χ1v) is 6.33. The summed E-state index contributed by atoms with van der Waals surface area (Å²) < 4.78 is 0. The van der Waals surface area contributed by atoms with Crippen LogP contribution in [0.25, 0.3) is 0 Å². The summed E-state index contributed by atoms with van der Waals surface area (Å²) in [5, 5.41) is 9.62. The smallest absolute Gasteiger partial charge is 0.115 e. The Bertz CT molecular complexity index is 402. The molecular formula is C15H21NO. The Labute approximate surface area is 104 Å². The van der Waals surface area contributed by atoms with Gasteiger partial charge in [-0.25, -0.2) is 0 Å². The SMILES string of the molecule is C=CCN1CC[C@@](CC)(c2cccc(O)c2)C1. The van der Waals surface area contributed by atoms with Gasteiger partial charge in [0.15, 0.2) is 0 Å². The standard InChI is InChI=1S/C15H21NO/c1-3-9-16-10-8-15(4-2,12-16)13-6-5-7-14(17)11-13/h3,5-7,11,17H,1,4,8-10,12H2,2H3/t15-/m1/s1. The fourth-order valence-electron chi connectivity index (χ4n) is 2.86. The molecule has 0 unspecified atom stereocenters. The second-order valence-corrected chi connectivity index (χ2v) is 4.96. The maximum atomic E-state index is 9.62. The molecule has 1 aliphatic heterocycles. The van der Waals surface area contributed by atoms with Crippen LogP contribution in [0.4, 0.5) is 0 Å². The molecule has 0 spiro atoms. The lowest BCUT2D eigenvalue weighted by Crippen LogP contribution is -2.30. The first-order chi connectivity index (χ1) is 8.20. The lowest BCUT2D eigenvalue weighted by Gasteiger charge is -2.28. The number of rotatable bonds is 4. The van der Waals surface area contributed by atoms with Gasteiger partial charge in [-0.2, -0.15) is 0 Å². The van der Waals surface area contributed by atoms with Crippen LogP contribution in [0.5, 0.6) is 5.75 Å². The van der Waals surface area contributed by atoms with Crippen molar-refractivity contribution in [2.24, 2.45) is 0 Å². The number of likely N-dealkylation sites (tertiary alicyclic amines) is 1. The summed E-state index contributed by atoms with van der Waals surface area (Å²) in [6.45, 7) is 9.19. The van der Waals surface area contributed by atoms with Crippen molar-refractivity contribution in [1.29, 1.82) is 0 Å². The van der Waals surface area contributed by atoms with Crippen molar-refractivity contribution >= 4 is 0 Å². The molecule has 1 fully saturated rings. The minimum absolute atomic E-state index is 0.210. The average molecular weight is 231 g/mol. The Morgan fingerprint density at radius 3 is 3.00 bits per heavy atom. The average Bonchev–Trinajstić information content (AvgIpc) is 2.74. The monoisotopic (exact) mass is 231 g/mol. The summed E-state index contributed by atoms with van der Waals surface area (Å²) >= 11 is 0. The van der Waals surface area contributed by atoms with Gasteiger partial charge in [-0.15, -0.1) is 6.58 Å². The van der Waals surface area contributed by atoms with E-state index in [0.717, 1.165) is 26.1 Å². The summed E-state index contributed by atoms with van der Waals surface area (Å²) in [5.74, 6) is 0.373. The predicted octanol–water partition coefficient (Wildman–Crippen LogP) is 2.93. The topological polar surface area (TPSA) is 23.5 Å². The number of hydrogen-bond donors (Lipinski definition) is 1. The van der Waals surface area contributed by atoms with Crippen LogP contribution in [0.1, 0.15) is 25.3 Å². The van der Waals surface area contributed by atoms with Crippen LogP contribution in [-0.4, -0.2) is 29.6 Å². The molecule has 1 aromatic carbocycles. The van der Waals surface area contributed by atoms with E-state index < -0.39 is 0 Å². The van der Waals surface area contributed by atoms with E-state index in [0.29, 0.717) is 5.75 Å². The molecule has 0 bridgehead atoms. The van der Waals surface area contributed by atoms with Gasteiger partial charge >= 0.3 is 0 Å². The van der Waals surface area contributed by atoms with Crippen LogP contribution in [0.3, 0.4) is 0 Å². The Balaban J connectivity index is 2.24. The van der Waals surface area contributed by atoms with Crippen LogP contribution in [0.2, 0.25) is 0 Å². The van der Waals surface area contributed by atoms with Crippen LogP contribution < -0.4 is 0 Å². The molecule has 0 radical (unpaired) electrons. The third-order valence-electron chi connectivity index (χ3n) is 3.96. The van der Waals surface area contributed by atoms with Crippen molar-refractivity contribution in [3.8, 4) is 5.75 Å². The molecule has 2 heteroatoms. The van der Waals surface area contributed by atoms with Crippen molar-refractivity contribution in [3.05, 3.63) is 42.5 Å². The lowest BCUT2D eigenvalue weighted by molar-refractivity contribution is 0.333. The van der Waals surface area contributed by atoms with Crippen LogP contribution >= 0.6 is 0 Å². The Morgan fingerprint density at radius 2 is 2.35 bits per heavy atom. The second-order valence-electron chi connectivity index (χ2n) is 4.96. The van der Waals surface area contributed by atoms with Crippen molar-refractivity contribution in [1.82, 2.24) is 4.90 Å². The van der Waals surface area contributed by atoms with E-state index in [1.807, 2.05) is 18.2 Å². The van der Waals surface area contributed by atoms with Crippen molar-refractivity contribution in [2.75, 3.05) is 19.6 Å². The van der Waals surface area contributed by atoms with Gasteiger partial charge in [0.05, 0.1) is 0 Å². The third-order valence-corrected chi connectivity index (χ3v) is 3.96. The van der Waals surface area contributed by atoms with E-state index in [1.165, 1.54) is 12.0 Å². The minimum Gasteiger partial charge on any atom is -0.508 e. The van der Waals surface area contributed by atoms with Crippen LogP contribution in [0, 0.1) is 0 Å². The minimum atomic E-state index is 0.210. The van der Waals surface area contributed by atoms with E-state index in [-0.39, 0.29) is 5.41 Å². The Hall–Kier alpha value is -1.28. The van der Waals surface area contributed by atoms with Crippen LogP contribution in [-0.2, 0) is 5.41 Å². The highest BCUT2D eigenvalue weighted by Gasteiger charge is 2.37. The van der Waals surface area contributed by atoms with Gasteiger partial charge in [0, 0.05) is 18.5 Å². The predicted molar refractivity (Wildman–Crippen MR) is 71.3 cm³/mol. The van der Waals surface area contributed by atoms with Crippen molar-refractivity contribution < 1.29 is 5.11 Å². The number of phenolic OH excluding ortho intramolecular Hbond substituents is 1. The molecule has 1 saturated heterocycles. The zero-order chi connectivity index (χ0) is 12.3. The highest BCUT2D eigenvalue weighted by molar-refractivity contribution is 5.34. The van der Waals surface area contributed by atoms with Crippen molar-refractivity contribution in [2.45, 2.75) is 25.2 Å². The lowest BCUT2D eigenvalue weighted by atomic mass is 9.77. The number of benzene rings is 1. The summed E-state index contributed by atoms with van der Waals surface area (Å²) in [4.78, 5) is 2.43. The zero-order valence-electron chi connectivity index (χ0n) is 10.5. The highest BCUT2D eigenvalue weighted by Crippen LogP contribution is 2.38. The molecule has 1 aromatic rings. The molecule has 0 aliphatic carbocycles. The largest absolute Gasteiger partial charge is 0.508 e.